The third kappa shape index (κ3) is 6.43. The van der Waals surface area contributed by atoms with Gasteiger partial charge in [-0.25, -0.2) is 9.36 Å². The van der Waals surface area contributed by atoms with Crippen LogP contribution >= 0.6 is 7.82 Å². The summed E-state index contributed by atoms with van der Waals surface area (Å²) in [6.45, 7) is 8.48. The van der Waals surface area contributed by atoms with Gasteiger partial charge >= 0.3 is 43.3 Å². The Labute approximate surface area is 204 Å². The number of ether oxygens (including phenoxy) is 1. The van der Waals surface area contributed by atoms with Gasteiger partial charge in [-0.3, -0.25) is 0 Å². The molecule has 9 nitrogen and oxygen atoms in total. The van der Waals surface area contributed by atoms with Crippen molar-refractivity contribution in [3.8, 4) is 0 Å². The minimum atomic E-state index is -4.64. The molecule has 1 aliphatic heterocycles. The van der Waals surface area contributed by atoms with Crippen LogP contribution in [0.15, 0.2) is 23.5 Å². The van der Waals surface area contributed by atoms with Crippen LogP contribution < -0.4 is 0 Å². The number of phosphoric acid groups is 1. The van der Waals surface area contributed by atoms with Gasteiger partial charge in [0.05, 0.1) is 18.3 Å². The van der Waals surface area contributed by atoms with Crippen molar-refractivity contribution in [1.29, 1.82) is 0 Å². The van der Waals surface area contributed by atoms with Crippen molar-refractivity contribution in [3.63, 3.8) is 0 Å². The molecule has 11 heteroatoms. The summed E-state index contributed by atoms with van der Waals surface area (Å²) in [7, 11) is -4.64. The van der Waals surface area contributed by atoms with Gasteiger partial charge in [-0.05, 0) is 55.8 Å². The summed E-state index contributed by atoms with van der Waals surface area (Å²) in [6, 6.07) is 0. The van der Waals surface area contributed by atoms with Gasteiger partial charge in [0.2, 0.25) is 0 Å². The normalized spacial score (nSPS) is 35.5. The molecule has 3 aliphatic rings. The van der Waals surface area contributed by atoms with E-state index in [0.29, 0.717) is 18.4 Å². The molecule has 2 fully saturated rings. The maximum atomic E-state index is 11.8. The van der Waals surface area contributed by atoms with Crippen LogP contribution in [0.5, 0.6) is 0 Å². The van der Waals surface area contributed by atoms with Crippen molar-refractivity contribution in [2.45, 2.75) is 58.5 Å². The zero-order valence-corrected chi connectivity index (χ0v) is 18.3. The van der Waals surface area contributed by atoms with Gasteiger partial charge < -0.3 is 34.7 Å². The molecule has 0 aromatic carbocycles. The van der Waals surface area contributed by atoms with E-state index in [1.807, 2.05) is 6.92 Å². The van der Waals surface area contributed by atoms with Crippen LogP contribution in [0.25, 0.3) is 0 Å². The number of cyclic esters (lactones) is 1. The third-order valence-corrected chi connectivity index (χ3v) is 7.31. The Hall–Kier alpha value is -0.220. The first-order chi connectivity index (χ1) is 13.7. The molecule has 1 heterocycles. The molecule has 0 amide bonds. The number of fused-ring (bicyclic) bond motifs is 1. The number of rotatable bonds is 4. The van der Waals surface area contributed by atoms with Gasteiger partial charge in [-0.1, -0.05) is 26.0 Å². The van der Waals surface area contributed by atoms with E-state index in [1.165, 1.54) is 5.57 Å². The standard InChI is InChI=1S/C20H30O5.Na.H3O4P.H/c1-12-4-7-16-19(2,9-8-17(23)20(16,3)11-21)14(12)6-5-13-15(22)10-25-18(13)24;;1-5(2,3)4;/h14,16-17,21-23H,1,4-11H2,2-3H3;;(H3,1,2,3,4);/t14-,16+,17-,19+,20+;;;/m1.../s1. The molecular formula is C20H34NaO9P. The van der Waals surface area contributed by atoms with E-state index >= 15 is 0 Å². The zero-order chi connectivity index (χ0) is 22.9. The van der Waals surface area contributed by atoms with Crippen LogP contribution in [0.2, 0.25) is 0 Å². The van der Waals surface area contributed by atoms with Crippen molar-refractivity contribution in [1.82, 2.24) is 0 Å². The van der Waals surface area contributed by atoms with Gasteiger partial charge in [-0.15, -0.1) is 0 Å². The van der Waals surface area contributed by atoms with Crippen LogP contribution in [0.1, 0.15) is 52.4 Å². The zero-order valence-electron chi connectivity index (χ0n) is 17.5. The minimum absolute atomic E-state index is 0. The first-order valence-corrected chi connectivity index (χ1v) is 11.6. The number of esters is 1. The summed E-state index contributed by atoms with van der Waals surface area (Å²) in [4.78, 5) is 33.3. The van der Waals surface area contributed by atoms with E-state index in [0.717, 1.165) is 25.7 Å². The monoisotopic (exact) mass is 472 g/mol. The fraction of sp³-hybridized carbons (Fsp3) is 0.750. The molecule has 5 atom stereocenters. The van der Waals surface area contributed by atoms with Crippen LogP contribution in [0, 0.1) is 22.7 Å². The molecule has 0 bridgehead atoms. The number of allylic oxidation sites excluding steroid dienone is 1. The number of hydrogen-bond donors (Lipinski definition) is 6. The van der Waals surface area contributed by atoms with E-state index in [9.17, 15) is 20.1 Å². The van der Waals surface area contributed by atoms with Crippen LogP contribution in [-0.4, -0.2) is 84.8 Å². The molecule has 0 spiro atoms. The predicted octanol–water partition coefficient (Wildman–Crippen LogP) is 1.30. The van der Waals surface area contributed by atoms with Crippen LogP contribution in [0.3, 0.4) is 0 Å². The van der Waals surface area contributed by atoms with Gasteiger partial charge in [0.25, 0.3) is 0 Å². The Morgan fingerprint density at radius 3 is 2.29 bits per heavy atom. The Morgan fingerprint density at radius 2 is 1.81 bits per heavy atom. The maximum absolute atomic E-state index is 11.8. The molecular weight excluding hydrogens is 438 g/mol. The van der Waals surface area contributed by atoms with Gasteiger partial charge in [-0.2, -0.15) is 0 Å². The summed E-state index contributed by atoms with van der Waals surface area (Å²) in [6.07, 6.45) is 4.09. The number of aliphatic hydroxyl groups excluding tert-OH is 3. The fourth-order valence-electron chi connectivity index (χ4n) is 5.69. The first-order valence-electron chi connectivity index (χ1n) is 10.1. The molecule has 2 aliphatic carbocycles. The summed E-state index contributed by atoms with van der Waals surface area (Å²) in [5, 5.41) is 30.4. The molecule has 0 radical (unpaired) electrons. The van der Waals surface area contributed by atoms with E-state index in [2.05, 4.69) is 13.5 Å². The van der Waals surface area contributed by atoms with Crippen LogP contribution in [0.4, 0.5) is 0 Å². The second-order valence-corrected chi connectivity index (χ2v) is 10.1. The van der Waals surface area contributed by atoms with Crippen molar-refractivity contribution in [2.24, 2.45) is 22.7 Å². The summed E-state index contributed by atoms with van der Waals surface area (Å²) in [5.41, 5.74) is 1.01. The van der Waals surface area contributed by atoms with Crippen molar-refractivity contribution in [2.75, 3.05) is 13.2 Å². The molecule has 3 rings (SSSR count). The molecule has 174 valence electrons. The second kappa shape index (κ2) is 10.8. The molecule has 6 N–H and O–H groups in total. The number of aliphatic hydroxyl groups is 3. The molecule has 0 aromatic rings. The SMILES string of the molecule is C=C1CC[C@@H]2[C@](C)(CO)[C@H](O)CC[C@@]2(C)[C@@H]1CCC1=C(O)COC1=O.O=P(O)(O)O.[NaH]. The van der Waals surface area contributed by atoms with Crippen molar-refractivity contribution in [3.05, 3.63) is 23.5 Å². The van der Waals surface area contributed by atoms with Crippen LogP contribution in [-0.2, 0) is 14.1 Å². The van der Waals surface area contributed by atoms with Gasteiger partial charge in [0.15, 0.2) is 0 Å². The Balaban J connectivity index is 0.000000721. The van der Waals surface area contributed by atoms with E-state index in [1.54, 1.807) is 0 Å². The van der Waals surface area contributed by atoms with E-state index in [-0.39, 0.29) is 65.8 Å². The Kier molecular flexibility index (Phi) is 10.0. The van der Waals surface area contributed by atoms with Gasteiger partial charge in [0, 0.05) is 5.41 Å². The van der Waals surface area contributed by atoms with Crippen molar-refractivity contribution < 1.29 is 44.1 Å². The Morgan fingerprint density at radius 1 is 1.23 bits per heavy atom. The summed E-state index contributed by atoms with van der Waals surface area (Å²) >= 11 is 0. The number of hydrogen-bond acceptors (Lipinski definition) is 6. The van der Waals surface area contributed by atoms with E-state index < -0.39 is 25.3 Å². The third-order valence-electron chi connectivity index (χ3n) is 7.31. The molecule has 0 saturated heterocycles. The van der Waals surface area contributed by atoms with E-state index in [4.69, 9.17) is 24.0 Å². The summed E-state index contributed by atoms with van der Waals surface area (Å²) in [5.74, 6) is 0.0490. The summed E-state index contributed by atoms with van der Waals surface area (Å²) < 4.78 is 13.8. The van der Waals surface area contributed by atoms with Gasteiger partial charge in [0.1, 0.15) is 12.4 Å². The first kappa shape index (κ1) is 28.8. The second-order valence-electron chi connectivity index (χ2n) is 9.08. The predicted molar refractivity (Wildman–Crippen MR) is 115 cm³/mol. The number of carbonyl (C=O) groups is 1. The average molecular weight is 472 g/mol. The molecule has 31 heavy (non-hydrogen) atoms. The molecule has 0 aromatic heterocycles. The quantitative estimate of drug-likeness (QED) is 0.153. The van der Waals surface area contributed by atoms with Crippen molar-refractivity contribution >= 4 is 43.3 Å². The fourth-order valence-corrected chi connectivity index (χ4v) is 5.69. The Bertz CT molecular complexity index is 755. The topological polar surface area (TPSA) is 165 Å². The average Bonchev–Trinajstić information content (AvgIpc) is 2.95. The molecule has 2 saturated carbocycles. The molecule has 0 unspecified atom stereocenters. The number of carbonyl (C=O) groups excluding carboxylic acids is 1.